The molecular weight excluding hydrogens is 529 g/mol. The van der Waals surface area contributed by atoms with E-state index in [1.165, 1.54) is 11.1 Å². The minimum atomic E-state index is 0. The molecule has 0 spiro atoms. The number of aliphatic imine (C=N–C) groups is 1. The average molecular weight is 563 g/mol. The lowest BCUT2D eigenvalue weighted by molar-refractivity contribution is 0.166. The maximum atomic E-state index is 6.14. The molecule has 2 aromatic carbocycles. The summed E-state index contributed by atoms with van der Waals surface area (Å²) in [5, 5.41) is 6.76. The van der Waals surface area contributed by atoms with Crippen LogP contribution >= 0.6 is 24.0 Å². The fourth-order valence-electron chi connectivity index (χ4n) is 3.47. The van der Waals surface area contributed by atoms with Gasteiger partial charge in [0.05, 0.1) is 13.2 Å². The van der Waals surface area contributed by atoms with Crippen LogP contribution in [0.1, 0.15) is 23.1 Å². The zero-order valence-corrected chi connectivity index (χ0v) is 21.8. The Labute approximate surface area is 214 Å². The SMILES string of the molecule is C#CCOc1ccc(CCNC(=NC)NCc2ccc(C)cc2OCC2CCOC2)cc1.I. The lowest BCUT2D eigenvalue weighted by Gasteiger charge is -2.17. The van der Waals surface area contributed by atoms with E-state index < -0.39 is 0 Å². The number of hydrogen-bond acceptors (Lipinski definition) is 4. The maximum absolute atomic E-state index is 6.14. The summed E-state index contributed by atoms with van der Waals surface area (Å²) in [5.74, 6) is 5.41. The number of nitrogens with one attached hydrogen (secondary N) is 2. The summed E-state index contributed by atoms with van der Waals surface area (Å²) in [7, 11) is 1.78. The van der Waals surface area contributed by atoms with E-state index >= 15 is 0 Å². The highest BCUT2D eigenvalue weighted by Crippen LogP contribution is 2.22. The molecule has 1 aliphatic heterocycles. The minimum Gasteiger partial charge on any atom is -0.493 e. The van der Waals surface area contributed by atoms with Crippen molar-refractivity contribution in [2.45, 2.75) is 26.3 Å². The van der Waals surface area contributed by atoms with Crippen molar-refractivity contribution in [3.63, 3.8) is 0 Å². The van der Waals surface area contributed by atoms with Gasteiger partial charge in [-0.1, -0.05) is 30.2 Å². The topological polar surface area (TPSA) is 64.1 Å². The van der Waals surface area contributed by atoms with Crippen molar-refractivity contribution in [3.8, 4) is 23.8 Å². The van der Waals surface area contributed by atoms with E-state index in [1.54, 1.807) is 7.05 Å². The van der Waals surface area contributed by atoms with Crippen molar-refractivity contribution < 1.29 is 14.2 Å². The summed E-state index contributed by atoms with van der Waals surface area (Å²) in [6, 6.07) is 14.3. The van der Waals surface area contributed by atoms with E-state index in [-0.39, 0.29) is 30.6 Å². The fourth-order valence-corrected chi connectivity index (χ4v) is 3.47. The molecule has 1 unspecified atom stereocenters. The first-order chi connectivity index (χ1) is 15.7. The number of benzene rings is 2. The number of halogens is 1. The second kappa shape index (κ2) is 14.7. The first-order valence-electron chi connectivity index (χ1n) is 11.1. The van der Waals surface area contributed by atoms with E-state index in [0.29, 0.717) is 19.1 Å². The zero-order valence-electron chi connectivity index (χ0n) is 19.4. The van der Waals surface area contributed by atoms with Crippen LogP contribution in [0.5, 0.6) is 11.5 Å². The van der Waals surface area contributed by atoms with Crippen LogP contribution in [-0.4, -0.2) is 46.0 Å². The molecule has 6 nitrogen and oxygen atoms in total. The summed E-state index contributed by atoms with van der Waals surface area (Å²) in [4.78, 5) is 4.34. The standard InChI is InChI=1S/C26H33N3O3.HI/c1-4-14-31-24-9-6-21(7-10-24)11-13-28-26(27-3)29-17-23-8-5-20(2)16-25(23)32-19-22-12-15-30-18-22;/h1,5-10,16,22H,11-15,17-19H2,2-3H3,(H2,27,28,29);1H. The Morgan fingerprint density at radius 3 is 2.70 bits per heavy atom. The third-order valence-electron chi connectivity index (χ3n) is 5.34. The van der Waals surface area contributed by atoms with Crippen molar-refractivity contribution in [1.29, 1.82) is 0 Å². The van der Waals surface area contributed by atoms with E-state index in [0.717, 1.165) is 55.6 Å². The molecule has 2 N–H and O–H groups in total. The number of ether oxygens (including phenoxy) is 3. The molecule has 33 heavy (non-hydrogen) atoms. The number of guanidine groups is 1. The van der Waals surface area contributed by atoms with Crippen LogP contribution in [0.4, 0.5) is 0 Å². The molecule has 1 atom stereocenters. The summed E-state index contributed by atoms with van der Waals surface area (Å²) in [5.41, 5.74) is 3.51. The summed E-state index contributed by atoms with van der Waals surface area (Å²) in [6.45, 7) is 6.08. The predicted octanol–water partition coefficient (Wildman–Crippen LogP) is 3.95. The first kappa shape index (κ1) is 26.8. The van der Waals surface area contributed by atoms with Gasteiger partial charge in [0.1, 0.15) is 18.1 Å². The summed E-state index contributed by atoms with van der Waals surface area (Å²) in [6.07, 6.45) is 7.16. The fraction of sp³-hybridized carbons (Fsp3) is 0.423. The molecule has 2 aromatic rings. The monoisotopic (exact) mass is 563 g/mol. The van der Waals surface area contributed by atoms with Gasteiger partial charge in [0.25, 0.3) is 0 Å². The van der Waals surface area contributed by atoms with Gasteiger partial charge < -0.3 is 24.8 Å². The first-order valence-corrected chi connectivity index (χ1v) is 11.1. The lowest BCUT2D eigenvalue weighted by Crippen LogP contribution is -2.38. The maximum Gasteiger partial charge on any atom is 0.191 e. The van der Waals surface area contributed by atoms with Gasteiger partial charge in [-0.2, -0.15) is 0 Å². The molecule has 178 valence electrons. The number of hydrogen-bond donors (Lipinski definition) is 2. The van der Waals surface area contributed by atoms with Crippen molar-refractivity contribution in [2.75, 3.05) is 40.0 Å². The zero-order chi connectivity index (χ0) is 22.6. The van der Waals surface area contributed by atoms with E-state index in [9.17, 15) is 0 Å². The Kier molecular flexibility index (Phi) is 11.9. The summed E-state index contributed by atoms with van der Waals surface area (Å²) >= 11 is 0. The van der Waals surface area contributed by atoms with Gasteiger partial charge in [0, 0.05) is 38.2 Å². The normalized spacial score (nSPS) is 15.3. The van der Waals surface area contributed by atoms with E-state index in [2.05, 4.69) is 58.8 Å². The molecule has 0 amide bonds. The van der Waals surface area contributed by atoms with Crippen molar-refractivity contribution in [2.24, 2.45) is 10.9 Å². The van der Waals surface area contributed by atoms with Crippen LogP contribution in [-0.2, 0) is 17.7 Å². The molecule has 1 heterocycles. The van der Waals surface area contributed by atoms with Crippen LogP contribution in [0, 0.1) is 25.2 Å². The van der Waals surface area contributed by atoms with Gasteiger partial charge in [-0.25, -0.2) is 0 Å². The van der Waals surface area contributed by atoms with Crippen molar-refractivity contribution in [1.82, 2.24) is 10.6 Å². The number of terminal acetylenes is 1. The smallest absolute Gasteiger partial charge is 0.191 e. The van der Waals surface area contributed by atoms with Crippen LogP contribution in [0.25, 0.3) is 0 Å². The lowest BCUT2D eigenvalue weighted by atomic mass is 10.1. The van der Waals surface area contributed by atoms with Gasteiger partial charge in [0.15, 0.2) is 5.96 Å². The third-order valence-corrected chi connectivity index (χ3v) is 5.34. The van der Waals surface area contributed by atoms with Gasteiger partial charge in [-0.05, 0) is 49.1 Å². The molecule has 1 aliphatic rings. The second-order valence-electron chi connectivity index (χ2n) is 7.89. The van der Waals surface area contributed by atoms with E-state index in [1.807, 2.05) is 12.1 Å². The second-order valence-corrected chi connectivity index (χ2v) is 7.89. The van der Waals surface area contributed by atoms with Crippen LogP contribution in [0.2, 0.25) is 0 Å². The molecule has 3 rings (SSSR count). The molecule has 1 fully saturated rings. The molecule has 0 saturated carbocycles. The number of rotatable bonds is 10. The molecule has 0 aliphatic carbocycles. The highest BCUT2D eigenvalue weighted by atomic mass is 127. The largest absolute Gasteiger partial charge is 0.493 e. The molecule has 7 heteroatoms. The predicted molar refractivity (Wildman–Crippen MR) is 144 cm³/mol. The highest BCUT2D eigenvalue weighted by Gasteiger charge is 2.17. The van der Waals surface area contributed by atoms with Gasteiger partial charge in [-0.15, -0.1) is 30.4 Å². The quantitative estimate of drug-likeness (QED) is 0.199. The molecule has 0 bridgehead atoms. The Hall–Kier alpha value is -2.44. The van der Waals surface area contributed by atoms with E-state index in [4.69, 9.17) is 20.6 Å². The van der Waals surface area contributed by atoms with Gasteiger partial charge in [0.2, 0.25) is 0 Å². The summed E-state index contributed by atoms with van der Waals surface area (Å²) < 4.78 is 17.0. The molecule has 0 aromatic heterocycles. The molecule has 1 saturated heterocycles. The van der Waals surface area contributed by atoms with Crippen LogP contribution in [0.3, 0.4) is 0 Å². The Balaban J connectivity index is 0.00000385. The van der Waals surface area contributed by atoms with Gasteiger partial charge in [-0.3, -0.25) is 4.99 Å². The average Bonchev–Trinajstić information content (AvgIpc) is 3.34. The Morgan fingerprint density at radius 1 is 1.18 bits per heavy atom. The van der Waals surface area contributed by atoms with Crippen molar-refractivity contribution in [3.05, 3.63) is 59.2 Å². The van der Waals surface area contributed by atoms with Gasteiger partial charge >= 0.3 is 0 Å². The minimum absolute atomic E-state index is 0. The number of nitrogens with zero attached hydrogens (tertiary/aromatic N) is 1. The highest BCUT2D eigenvalue weighted by molar-refractivity contribution is 14.0. The van der Waals surface area contributed by atoms with Crippen molar-refractivity contribution >= 4 is 29.9 Å². The third kappa shape index (κ3) is 9.14. The Morgan fingerprint density at radius 2 is 2.00 bits per heavy atom. The van der Waals surface area contributed by atoms with Crippen LogP contribution < -0.4 is 20.1 Å². The molecule has 0 radical (unpaired) electrons. The Bertz CT molecular complexity index is 919. The molecular formula is C26H34IN3O3. The van der Waals surface area contributed by atoms with Crippen LogP contribution in [0.15, 0.2) is 47.5 Å². The number of aryl methyl sites for hydroxylation is 1.